The highest BCUT2D eigenvalue weighted by atomic mass is 35.5. The number of rotatable bonds is 0. The van der Waals surface area contributed by atoms with Crippen LogP contribution in [0, 0.1) is 22.7 Å². The lowest BCUT2D eigenvalue weighted by molar-refractivity contribution is 0.100. The molecule has 0 amide bonds. The number of hydrogen-bond donors (Lipinski definition) is 0. The summed E-state index contributed by atoms with van der Waals surface area (Å²) in [5.74, 6) is -0.0561. The van der Waals surface area contributed by atoms with Crippen molar-refractivity contribution in [1.82, 2.24) is 0 Å². The van der Waals surface area contributed by atoms with E-state index in [1.54, 1.807) is 6.07 Å². The average Bonchev–Trinajstić information content (AvgIpc) is 2.89. The minimum Gasteiger partial charge on any atom is -0.294 e. The van der Waals surface area contributed by atoms with E-state index in [0.29, 0.717) is 21.0 Å². The lowest BCUT2D eigenvalue weighted by Gasteiger charge is -2.00. The quantitative estimate of drug-likeness (QED) is 0.688. The predicted molar refractivity (Wildman–Crippen MR) is 73.9 cm³/mol. The van der Waals surface area contributed by atoms with Crippen molar-refractivity contribution in [3.05, 3.63) is 39.2 Å². The standard InChI is InChI=1S/C14H5ClN2OS/c15-14-2-7-1-10-9(8(5-16)6-17)3-12(18)11(10)4-13(7)19-14/h1-2,4H,3H2. The maximum absolute atomic E-state index is 12.0. The molecule has 0 saturated carbocycles. The minimum absolute atomic E-state index is 0.00720. The fraction of sp³-hybridized carbons (Fsp3) is 0.0714. The Hall–Kier alpha value is -2.14. The average molecular weight is 285 g/mol. The van der Waals surface area contributed by atoms with Crippen LogP contribution in [0.1, 0.15) is 22.3 Å². The molecule has 1 aliphatic carbocycles. The molecular formula is C14H5ClN2OS. The summed E-state index contributed by atoms with van der Waals surface area (Å²) in [7, 11) is 0. The van der Waals surface area contributed by atoms with E-state index in [4.69, 9.17) is 22.1 Å². The maximum Gasteiger partial charge on any atom is 0.167 e. The zero-order valence-corrected chi connectivity index (χ0v) is 11.1. The van der Waals surface area contributed by atoms with Gasteiger partial charge in [-0.25, -0.2) is 0 Å². The van der Waals surface area contributed by atoms with Gasteiger partial charge >= 0.3 is 0 Å². The first-order valence-electron chi connectivity index (χ1n) is 5.44. The summed E-state index contributed by atoms with van der Waals surface area (Å²) in [6.45, 7) is 0. The van der Waals surface area contributed by atoms with Gasteiger partial charge in [-0.15, -0.1) is 11.3 Å². The molecule has 0 saturated heterocycles. The van der Waals surface area contributed by atoms with Gasteiger partial charge in [0.25, 0.3) is 0 Å². The van der Waals surface area contributed by atoms with E-state index in [9.17, 15) is 4.79 Å². The smallest absolute Gasteiger partial charge is 0.167 e. The summed E-state index contributed by atoms with van der Waals surface area (Å²) in [4.78, 5) is 12.0. The zero-order valence-electron chi connectivity index (χ0n) is 9.53. The van der Waals surface area contributed by atoms with Gasteiger partial charge in [0.15, 0.2) is 5.78 Å². The first-order valence-corrected chi connectivity index (χ1v) is 6.63. The summed E-state index contributed by atoms with van der Waals surface area (Å²) in [6.07, 6.45) is 0.122. The van der Waals surface area contributed by atoms with E-state index in [0.717, 1.165) is 10.1 Å². The van der Waals surface area contributed by atoms with Gasteiger partial charge in [0, 0.05) is 16.7 Å². The molecule has 1 aromatic heterocycles. The summed E-state index contributed by atoms with van der Waals surface area (Å²) in [5, 5.41) is 18.8. The van der Waals surface area contributed by atoms with Crippen LogP contribution in [-0.4, -0.2) is 5.78 Å². The molecule has 0 aliphatic heterocycles. The van der Waals surface area contributed by atoms with Crippen LogP contribution in [-0.2, 0) is 0 Å². The van der Waals surface area contributed by atoms with Crippen molar-refractivity contribution < 1.29 is 4.79 Å². The van der Waals surface area contributed by atoms with Gasteiger partial charge in [-0.3, -0.25) is 4.79 Å². The van der Waals surface area contributed by atoms with E-state index in [1.807, 2.05) is 24.3 Å². The van der Waals surface area contributed by atoms with Crippen LogP contribution in [0.5, 0.6) is 0 Å². The number of nitrogens with zero attached hydrogens (tertiary/aromatic N) is 2. The summed E-state index contributed by atoms with van der Waals surface area (Å²) in [6, 6.07) is 9.15. The van der Waals surface area contributed by atoms with E-state index < -0.39 is 0 Å². The van der Waals surface area contributed by atoms with Crippen LogP contribution in [0.25, 0.3) is 15.7 Å². The molecule has 2 aromatic rings. The van der Waals surface area contributed by atoms with Crippen molar-refractivity contribution in [3.63, 3.8) is 0 Å². The van der Waals surface area contributed by atoms with Crippen molar-refractivity contribution in [2.75, 3.05) is 0 Å². The number of fused-ring (bicyclic) bond motifs is 2. The number of hydrogen-bond acceptors (Lipinski definition) is 4. The molecule has 0 atom stereocenters. The highest BCUT2D eigenvalue weighted by Gasteiger charge is 2.27. The Balaban J connectivity index is 2.36. The third-order valence-corrected chi connectivity index (χ3v) is 4.34. The number of ketones is 1. The number of Topliss-reactive ketones (excluding diaryl/α,β-unsaturated/α-hetero) is 1. The number of halogens is 1. The molecule has 3 nitrogen and oxygen atoms in total. The molecule has 3 rings (SSSR count). The number of thiophene rings is 1. The van der Waals surface area contributed by atoms with E-state index >= 15 is 0 Å². The molecule has 0 bridgehead atoms. The van der Waals surface area contributed by atoms with Gasteiger partial charge in [0.05, 0.1) is 4.34 Å². The third-order valence-electron chi connectivity index (χ3n) is 3.11. The molecule has 5 heteroatoms. The summed E-state index contributed by atoms with van der Waals surface area (Å²) >= 11 is 7.36. The zero-order chi connectivity index (χ0) is 13.6. The number of allylic oxidation sites excluding steroid dienone is 2. The van der Waals surface area contributed by atoms with Crippen LogP contribution in [0.3, 0.4) is 0 Å². The van der Waals surface area contributed by atoms with Crippen LogP contribution < -0.4 is 0 Å². The van der Waals surface area contributed by atoms with Gasteiger partial charge in [-0.2, -0.15) is 10.5 Å². The Bertz CT molecular complexity index is 833. The Labute approximate surface area is 117 Å². The highest BCUT2D eigenvalue weighted by molar-refractivity contribution is 7.22. The van der Waals surface area contributed by atoms with Gasteiger partial charge in [-0.1, -0.05) is 11.6 Å². The predicted octanol–water partition coefficient (Wildman–Crippen LogP) is 3.94. The van der Waals surface area contributed by atoms with Crippen LogP contribution in [0.4, 0.5) is 0 Å². The largest absolute Gasteiger partial charge is 0.294 e. The van der Waals surface area contributed by atoms with E-state index in [2.05, 4.69) is 0 Å². The third kappa shape index (κ3) is 1.74. The topological polar surface area (TPSA) is 64.7 Å². The van der Waals surface area contributed by atoms with Crippen molar-refractivity contribution in [2.24, 2.45) is 0 Å². The second-order valence-electron chi connectivity index (χ2n) is 4.16. The van der Waals surface area contributed by atoms with Gasteiger partial charge < -0.3 is 0 Å². The number of carbonyl (C=O) groups excluding carboxylic acids is 1. The van der Waals surface area contributed by atoms with Crippen LogP contribution in [0.15, 0.2) is 23.8 Å². The molecule has 90 valence electrons. The molecule has 0 radical (unpaired) electrons. The molecule has 19 heavy (non-hydrogen) atoms. The summed E-state index contributed by atoms with van der Waals surface area (Å²) in [5.41, 5.74) is 1.79. The minimum atomic E-state index is -0.0561. The Morgan fingerprint density at radius 1 is 1.21 bits per heavy atom. The van der Waals surface area contributed by atoms with E-state index in [1.165, 1.54) is 11.3 Å². The van der Waals surface area contributed by atoms with Crippen molar-refractivity contribution >= 4 is 44.4 Å². The molecule has 1 aromatic carbocycles. The summed E-state index contributed by atoms with van der Waals surface area (Å²) < 4.78 is 1.59. The fourth-order valence-electron chi connectivity index (χ4n) is 2.27. The molecule has 0 fully saturated rings. The maximum atomic E-state index is 12.0. The fourth-order valence-corrected chi connectivity index (χ4v) is 3.44. The molecule has 1 heterocycles. The molecular weight excluding hydrogens is 280 g/mol. The molecule has 0 N–H and O–H groups in total. The first-order chi connectivity index (χ1) is 9.13. The molecule has 0 spiro atoms. The number of carbonyl (C=O) groups is 1. The lowest BCUT2D eigenvalue weighted by Crippen LogP contribution is -1.89. The Kier molecular flexibility index (Phi) is 2.64. The normalized spacial score (nSPS) is 13.2. The van der Waals surface area contributed by atoms with Crippen molar-refractivity contribution in [3.8, 4) is 12.1 Å². The second kappa shape index (κ2) is 4.20. The number of nitriles is 2. The molecule has 0 unspecified atom stereocenters. The first kappa shape index (κ1) is 11.9. The Morgan fingerprint density at radius 3 is 2.63 bits per heavy atom. The van der Waals surface area contributed by atoms with Crippen LogP contribution in [0.2, 0.25) is 4.34 Å². The lowest BCUT2D eigenvalue weighted by atomic mass is 10.0. The van der Waals surface area contributed by atoms with Crippen LogP contribution >= 0.6 is 22.9 Å². The van der Waals surface area contributed by atoms with Crippen molar-refractivity contribution in [1.29, 1.82) is 10.5 Å². The number of benzene rings is 1. The van der Waals surface area contributed by atoms with Crippen molar-refractivity contribution in [2.45, 2.75) is 6.42 Å². The SMILES string of the molecule is N#CC(C#N)=C1CC(=O)c2cc3sc(Cl)cc3cc21. The monoisotopic (exact) mass is 284 g/mol. The highest BCUT2D eigenvalue weighted by Crippen LogP contribution is 2.39. The van der Waals surface area contributed by atoms with Gasteiger partial charge in [0.2, 0.25) is 0 Å². The van der Waals surface area contributed by atoms with Gasteiger partial charge in [-0.05, 0) is 34.7 Å². The van der Waals surface area contributed by atoms with Gasteiger partial charge in [0.1, 0.15) is 17.7 Å². The van der Waals surface area contributed by atoms with E-state index in [-0.39, 0.29) is 17.8 Å². The molecule has 1 aliphatic rings. The Morgan fingerprint density at radius 2 is 1.95 bits per heavy atom. The second-order valence-corrected chi connectivity index (χ2v) is 5.88.